The molecule has 1 aliphatic rings. The van der Waals surface area contributed by atoms with Gasteiger partial charge in [-0.2, -0.15) is 0 Å². The number of amides is 1. The molecule has 0 spiro atoms. The Morgan fingerprint density at radius 3 is 2.76 bits per heavy atom. The van der Waals surface area contributed by atoms with Gasteiger partial charge in [0.1, 0.15) is 23.8 Å². The molecule has 5 nitrogen and oxygen atoms in total. The molecule has 1 saturated heterocycles. The summed E-state index contributed by atoms with van der Waals surface area (Å²) in [6.45, 7) is 1.46. The minimum absolute atomic E-state index is 0.00138. The average Bonchev–Trinajstić information content (AvgIpc) is 2.54. The standard InChI is InChI=1S/C15H21FN2O3/c1-20-15(7-2-8-18(10-15)14(19)9-17)11-21-13-5-3-12(16)4-6-13/h3-6H,2,7-11,17H2,1H3/t15-/m1/s1. The molecule has 21 heavy (non-hydrogen) atoms. The maximum absolute atomic E-state index is 12.9. The van der Waals surface area contributed by atoms with E-state index in [2.05, 4.69) is 0 Å². The third-order valence-corrected chi connectivity index (χ3v) is 3.82. The monoisotopic (exact) mass is 296 g/mol. The summed E-state index contributed by atoms with van der Waals surface area (Å²) in [4.78, 5) is 13.5. The summed E-state index contributed by atoms with van der Waals surface area (Å²) in [5.74, 6) is 0.189. The van der Waals surface area contributed by atoms with Crippen LogP contribution in [0.1, 0.15) is 12.8 Å². The molecule has 0 bridgehead atoms. The van der Waals surface area contributed by atoms with Crippen LogP contribution in [0.3, 0.4) is 0 Å². The van der Waals surface area contributed by atoms with Crippen LogP contribution in [-0.2, 0) is 9.53 Å². The molecule has 0 saturated carbocycles. The van der Waals surface area contributed by atoms with Gasteiger partial charge >= 0.3 is 0 Å². The first-order chi connectivity index (χ1) is 10.1. The van der Waals surface area contributed by atoms with Gasteiger partial charge in [0.05, 0.1) is 13.1 Å². The van der Waals surface area contributed by atoms with Gasteiger partial charge in [0.15, 0.2) is 0 Å². The van der Waals surface area contributed by atoms with Gasteiger partial charge in [-0.05, 0) is 37.1 Å². The number of rotatable bonds is 5. The van der Waals surface area contributed by atoms with Crippen molar-refractivity contribution in [3.63, 3.8) is 0 Å². The first-order valence-corrected chi connectivity index (χ1v) is 7.00. The van der Waals surface area contributed by atoms with E-state index in [9.17, 15) is 9.18 Å². The van der Waals surface area contributed by atoms with E-state index in [0.717, 1.165) is 12.8 Å². The zero-order valence-electron chi connectivity index (χ0n) is 12.2. The Balaban J connectivity index is 2.00. The summed E-state index contributed by atoms with van der Waals surface area (Å²) in [5, 5.41) is 0. The van der Waals surface area contributed by atoms with Crippen molar-refractivity contribution in [2.24, 2.45) is 5.73 Å². The number of methoxy groups -OCH3 is 1. The number of carbonyl (C=O) groups excluding carboxylic acids is 1. The van der Waals surface area contributed by atoms with Gasteiger partial charge in [-0.15, -0.1) is 0 Å². The minimum Gasteiger partial charge on any atom is -0.491 e. The summed E-state index contributed by atoms with van der Waals surface area (Å²) >= 11 is 0. The molecule has 2 N–H and O–H groups in total. The van der Waals surface area contributed by atoms with Crippen LogP contribution in [0.2, 0.25) is 0 Å². The van der Waals surface area contributed by atoms with E-state index >= 15 is 0 Å². The molecule has 0 unspecified atom stereocenters. The van der Waals surface area contributed by atoms with Crippen LogP contribution in [0.4, 0.5) is 4.39 Å². The molecule has 1 fully saturated rings. The Hall–Kier alpha value is -1.66. The number of piperidine rings is 1. The van der Waals surface area contributed by atoms with E-state index in [4.69, 9.17) is 15.2 Å². The number of ether oxygens (including phenoxy) is 2. The third-order valence-electron chi connectivity index (χ3n) is 3.82. The van der Waals surface area contributed by atoms with Crippen LogP contribution in [0.15, 0.2) is 24.3 Å². The van der Waals surface area contributed by atoms with Crippen LogP contribution in [0, 0.1) is 5.82 Å². The number of halogens is 1. The largest absolute Gasteiger partial charge is 0.491 e. The summed E-state index contributed by atoms with van der Waals surface area (Å²) in [5.41, 5.74) is 4.87. The quantitative estimate of drug-likeness (QED) is 0.886. The molecule has 1 heterocycles. The third kappa shape index (κ3) is 3.92. The van der Waals surface area contributed by atoms with E-state index in [0.29, 0.717) is 25.4 Å². The normalized spacial score (nSPS) is 22.1. The first kappa shape index (κ1) is 15.7. The Labute approximate surface area is 123 Å². The molecule has 1 atom stereocenters. The highest BCUT2D eigenvalue weighted by atomic mass is 19.1. The van der Waals surface area contributed by atoms with Crippen LogP contribution in [0.25, 0.3) is 0 Å². The molecule has 116 valence electrons. The molecular formula is C15H21FN2O3. The first-order valence-electron chi connectivity index (χ1n) is 7.00. The Kier molecular flexibility index (Phi) is 5.14. The van der Waals surface area contributed by atoms with Gasteiger partial charge < -0.3 is 20.1 Å². The van der Waals surface area contributed by atoms with E-state index in [1.165, 1.54) is 12.1 Å². The van der Waals surface area contributed by atoms with Crippen molar-refractivity contribution in [3.8, 4) is 5.75 Å². The number of hydrogen-bond acceptors (Lipinski definition) is 4. The SMILES string of the molecule is CO[C@]1(COc2ccc(F)cc2)CCCN(C(=O)CN)C1. The van der Waals surface area contributed by atoms with Gasteiger partial charge in [0.25, 0.3) is 0 Å². The Bertz CT molecular complexity index is 480. The molecule has 6 heteroatoms. The predicted octanol–water partition coefficient (Wildman–Crippen LogP) is 1.17. The van der Waals surface area contributed by atoms with Crippen LogP contribution in [-0.4, -0.2) is 49.8 Å². The molecule has 0 aliphatic carbocycles. The number of nitrogens with zero attached hydrogens (tertiary/aromatic N) is 1. The van der Waals surface area contributed by atoms with Crippen LogP contribution >= 0.6 is 0 Å². The minimum atomic E-state index is -0.544. The Morgan fingerprint density at radius 1 is 1.43 bits per heavy atom. The topological polar surface area (TPSA) is 64.8 Å². The highest BCUT2D eigenvalue weighted by Gasteiger charge is 2.37. The predicted molar refractivity (Wildman–Crippen MR) is 76.5 cm³/mol. The number of nitrogens with two attached hydrogens (primary N) is 1. The second-order valence-electron chi connectivity index (χ2n) is 5.25. The van der Waals surface area contributed by atoms with Gasteiger partial charge in [0.2, 0.25) is 5.91 Å². The van der Waals surface area contributed by atoms with Crippen molar-refractivity contribution in [1.82, 2.24) is 4.90 Å². The summed E-state index contributed by atoms with van der Waals surface area (Å²) in [6, 6.07) is 5.84. The number of hydrogen-bond donors (Lipinski definition) is 1. The van der Waals surface area contributed by atoms with Gasteiger partial charge in [-0.1, -0.05) is 0 Å². The fraction of sp³-hybridized carbons (Fsp3) is 0.533. The molecular weight excluding hydrogens is 275 g/mol. The van der Waals surface area contributed by atoms with E-state index in [1.807, 2.05) is 0 Å². The van der Waals surface area contributed by atoms with Gasteiger partial charge in [0, 0.05) is 13.7 Å². The zero-order chi connectivity index (χ0) is 15.3. The van der Waals surface area contributed by atoms with Crippen molar-refractivity contribution >= 4 is 5.91 Å². The highest BCUT2D eigenvalue weighted by Crippen LogP contribution is 2.26. The van der Waals surface area contributed by atoms with E-state index in [1.54, 1.807) is 24.1 Å². The Morgan fingerprint density at radius 2 is 2.14 bits per heavy atom. The molecule has 0 aromatic heterocycles. The number of benzene rings is 1. The molecule has 1 amide bonds. The molecule has 1 aliphatic heterocycles. The summed E-state index contributed by atoms with van der Waals surface area (Å²) in [6.07, 6.45) is 1.64. The second-order valence-corrected chi connectivity index (χ2v) is 5.25. The highest BCUT2D eigenvalue weighted by molar-refractivity contribution is 5.78. The van der Waals surface area contributed by atoms with Crippen LogP contribution in [0.5, 0.6) is 5.75 Å². The summed E-state index contributed by atoms with van der Waals surface area (Å²) in [7, 11) is 1.62. The lowest BCUT2D eigenvalue weighted by atomic mass is 9.93. The molecule has 2 rings (SSSR count). The second kappa shape index (κ2) is 6.87. The fourth-order valence-corrected chi connectivity index (χ4v) is 2.53. The molecule has 0 radical (unpaired) electrons. The van der Waals surface area contributed by atoms with Crippen LogP contribution < -0.4 is 10.5 Å². The number of carbonyl (C=O) groups is 1. The average molecular weight is 296 g/mol. The van der Waals surface area contributed by atoms with Crippen molar-refractivity contribution in [2.75, 3.05) is 33.4 Å². The number of likely N-dealkylation sites (tertiary alicyclic amines) is 1. The maximum atomic E-state index is 12.9. The lowest BCUT2D eigenvalue weighted by Crippen LogP contribution is -2.55. The van der Waals surface area contributed by atoms with E-state index < -0.39 is 5.60 Å². The zero-order valence-corrected chi connectivity index (χ0v) is 12.2. The van der Waals surface area contributed by atoms with Gasteiger partial charge in [-0.3, -0.25) is 4.79 Å². The molecule has 1 aromatic rings. The smallest absolute Gasteiger partial charge is 0.236 e. The van der Waals surface area contributed by atoms with Crippen molar-refractivity contribution in [1.29, 1.82) is 0 Å². The maximum Gasteiger partial charge on any atom is 0.236 e. The fourth-order valence-electron chi connectivity index (χ4n) is 2.53. The van der Waals surface area contributed by atoms with Crippen molar-refractivity contribution in [2.45, 2.75) is 18.4 Å². The lowest BCUT2D eigenvalue weighted by molar-refractivity contribution is -0.141. The summed E-state index contributed by atoms with van der Waals surface area (Å²) < 4.78 is 24.2. The lowest BCUT2D eigenvalue weighted by Gasteiger charge is -2.41. The van der Waals surface area contributed by atoms with Gasteiger partial charge in [-0.25, -0.2) is 4.39 Å². The van der Waals surface area contributed by atoms with Crippen molar-refractivity contribution < 1.29 is 18.7 Å². The van der Waals surface area contributed by atoms with E-state index in [-0.39, 0.29) is 18.3 Å². The van der Waals surface area contributed by atoms with Crippen molar-refractivity contribution in [3.05, 3.63) is 30.1 Å². The molecule has 1 aromatic carbocycles.